The van der Waals surface area contributed by atoms with Crippen molar-refractivity contribution in [2.45, 2.75) is 6.04 Å². The highest BCUT2D eigenvalue weighted by Gasteiger charge is 2.20. The molecule has 0 aromatic heterocycles. The van der Waals surface area contributed by atoms with Gasteiger partial charge in [-0.2, -0.15) is 5.26 Å². The Morgan fingerprint density at radius 1 is 1.17 bits per heavy atom. The molecule has 116 valence electrons. The van der Waals surface area contributed by atoms with E-state index in [1.807, 2.05) is 6.07 Å². The van der Waals surface area contributed by atoms with Crippen LogP contribution in [0.2, 0.25) is 0 Å². The minimum Gasteiger partial charge on any atom is -0.368 e. The first kappa shape index (κ1) is 16.0. The van der Waals surface area contributed by atoms with E-state index in [2.05, 4.69) is 10.6 Å². The Morgan fingerprint density at radius 3 is 2.48 bits per heavy atom. The molecule has 0 fully saturated rings. The van der Waals surface area contributed by atoms with Crippen LogP contribution in [0, 0.1) is 17.1 Å². The lowest BCUT2D eigenvalue weighted by Gasteiger charge is -2.16. The largest absolute Gasteiger partial charge is 0.368 e. The van der Waals surface area contributed by atoms with Crippen LogP contribution in [0.15, 0.2) is 48.5 Å². The molecule has 0 aliphatic rings. The monoisotopic (exact) mass is 312 g/mol. The molecule has 2 aromatic rings. The number of benzene rings is 2. The number of urea groups is 1. The van der Waals surface area contributed by atoms with E-state index in [4.69, 9.17) is 11.0 Å². The van der Waals surface area contributed by atoms with Gasteiger partial charge in [0, 0.05) is 5.69 Å². The predicted molar refractivity (Wildman–Crippen MR) is 81.6 cm³/mol. The van der Waals surface area contributed by atoms with Crippen LogP contribution in [-0.2, 0) is 4.79 Å². The molecule has 0 aliphatic carbocycles. The van der Waals surface area contributed by atoms with Gasteiger partial charge < -0.3 is 16.4 Å². The number of amides is 3. The molecule has 7 heteroatoms. The highest BCUT2D eigenvalue weighted by Crippen LogP contribution is 2.14. The molecule has 0 aliphatic heterocycles. The number of carbonyl (C=O) groups excluding carboxylic acids is 2. The van der Waals surface area contributed by atoms with Crippen LogP contribution in [0.3, 0.4) is 0 Å². The Bertz CT molecular complexity index is 768. The van der Waals surface area contributed by atoms with E-state index in [1.165, 1.54) is 30.3 Å². The summed E-state index contributed by atoms with van der Waals surface area (Å²) in [6.45, 7) is 0. The minimum absolute atomic E-state index is 0.361. The number of nitrogens with zero attached hydrogens (tertiary/aromatic N) is 1. The van der Waals surface area contributed by atoms with Crippen molar-refractivity contribution >= 4 is 17.6 Å². The Kier molecular flexibility index (Phi) is 4.89. The maximum Gasteiger partial charge on any atom is 0.320 e. The number of hydrogen-bond acceptors (Lipinski definition) is 3. The first-order valence-electron chi connectivity index (χ1n) is 6.62. The van der Waals surface area contributed by atoms with Crippen molar-refractivity contribution in [2.24, 2.45) is 5.73 Å². The number of anilines is 1. The van der Waals surface area contributed by atoms with Gasteiger partial charge in [0.15, 0.2) is 0 Å². The summed E-state index contributed by atoms with van der Waals surface area (Å²) in [4.78, 5) is 23.5. The first-order chi connectivity index (χ1) is 11.0. The summed E-state index contributed by atoms with van der Waals surface area (Å²) in [5, 5.41) is 13.7. The highest BCUT2D eigenvalue weighted by molar-refractivity contribution is 5.93. The summed E-state index contributed by atoms with van der Waals surface area (Å²) in [7, 11) is 0. The lowest BCUT2D eigenvalue weighted by molar-refractivity contribution is -0.119. The summed E-state index contributed by atoms with van der Waals surface area (Å²) < 4.78 is 12.9. The van der Waals surface area contributed by atoms with Crippen molar-refractivity contribution in [3.63, 3.8) is 0 Å². The lowest BCUT2D eigenvalue weighted by Crippen LogP contribution is -2.39. The molecule has 6 nitrogen and oxygen atoms in total. The van der Waals surface area contributed by atoms with Crippen molar-refractivity contribution in [3.8, 4) is 6.07 Å². The zero-order chi connectivity index (χ0) is 16.8. The fraction of sp³-hybridized carbons (Fsp3) is 0.0625. The molecule has 2 rings (SSSR count). The maximum absolute atomic E-state index is 12.9. The zero-order valence-electron chi connectivity index (χ0n) is 11.9. The molecule has 4 N–H and O–H groups in total. The van der Waals surface area contributed by atoms with E-state index >= 15 is 0 Å². The average molecular weight is 312 g/mol. The van der Waals surface area contributed by atoms with Crippen LogP contribution in [0.1, 0.15) is 17.2 Å². The normalized spacial score (nSPS) is 11.1. The summed E-state index contributed by atoms with van der Waals surface area (Å²) in [5.74, 6) is -1.24. The van der Waals surface area contributed by atoms with E-state index < -0.39 is 23.8 Å². The van der Waals surface area contributed by atoms with Crippen LogP contribution in [-0.4, -0.2) is 11.9 Å². The fourth-order valence-electron chi connectivity index (χ4n) is 1.94. The third-order valence-electron chi connectivity index (χ3n) is 3.01. The van der Waals surface area contributed by atoms with E-state index in [1.54, 1.807) is 18.2 Å². The van der Waals surface area contributed by atoms with Gasteiger partial charge in [-0.25, -0.2) is 9.18 Å². The molecule has 3 amide bonds. The zero-order valence-corrected chi connectivity index (χ0v) is 11.9. The van der Waals surface area contributed by atoms with E-state index in [0.29, 0.717) is 16.8 Å². The van der Waals surface area contributed by atoms with Crippen molar-refractivity contribution in [2.75, 3.05) is 5.32 Å². The molecule has 23 heavy (non-hydrogen) atoms. The van der Waals surface area contributed by atoms with Gasteiger partial charge in [0.05, 0.1) is 11.6 Å². The predicted octanol–water partition coefficient (Wildman–Crippen LogP) is 2.05. The van der Waals surface area contributed by atoms with E-state index in [9.17, 15) is 14.0 Å². The molecule has 0 bridgehead atoms. The third kappa shape index (κ3) is 4.28. The van der Waals surface area contributed by atoms with Gasteiger partial charge in [-0.3, -0.25) is 4.79 Å². The van der Waals surface area contributed by atoms with Crippen molar-refractivity contribution in [3.05, 3.63) is 65.5 Å². The lowest BCUT2D eigenvalue weighted by atomic mass is 10.1. The molecule has 0 spiro atoms. The maximum atomic E-state index is 12.9. The van der Waals surface area contributed by atoms with Crippen LogP contribution in [0.5, 0.6) is 0 Å². The number of nitrogens with two attached hydrogens (primary N) is 1. The fourth-order valence-corrected chi connectivity index (χ4v) is 1.94. The standard InChI is InChI=1S/C16H13FN4O2/c17-12-6-4-11(5-7-12)14(15(19)22)21-16(23)20-13-3-1-2-10(8-13)9-18/h1-8,14H,(H2,19,22)(H2,20,21,23). The number of nitriles is 1. The Morgan fingerprint density at radius 2 is 1.87 bits per heavy atom. The van der Waals surface area contributed by atoms with Crippen LogP contribution in [0.25, 0.3) is 0 Å². The molecule has 0 radical (unpaired) electrons. The number of nitrogens with one attached hydrogen (secondary N) is 2. The molecular formula is C16H13FN4O2. The number of hydrogen-bond donors (Lipinski definition) is 3. The van der Waals surface area contributed by atoms with Gasteiger partial charge in [-0.1, -0.05) is 18.2 Å². The quantitative estimate of drug-likeness (QED) is 0.804. The van der Waals surface area contributed by atoms with Crippen molar-refractivity contribution < 1.29 is 14.0 Å². The molecule has 2 aromatic carbocycles. The van der Waals surface area contributed by atoms with Crippen molar-refractivity contribution in [1.29, 1.82) is 5.26 Å². The van der Waals surface area contributed by atoms with Gasteiger partial charge >= 0.3 is 6.03 Å². The van der Waals surface area contributed by atoms with Crippen LogP contribution >= 0.6 is 0 Å². The first-order valence-corrected chi connectivity index (χ1v) is 6.62. The Balaban J connectivity index is 2.10. The van der Waals surface area contributed by atoms with Gasteiger partial charge in [0.25, 0.3) is 0 Å². The topological polar surface area (TPSA) is 108 Å². The van der Waals surface area contributed by atoms with Crippen LogP contribution < -0.4 is 16.4 Å². The Labute approximate surface area is 131 Å². The molecule has 0 heterocycles. The number of carbonyl (C=O) groups is 2. The number of halogens is 1. The molecular weight excluding hydrogens is 299 g/mol. The third-order valence-corrected chi connectivity index (χ3v) is 3.01. The van der Waals surface area contributed by atoms with Gasteiger partial charge in [-0.15, -0.1) is 0 Å². The van der Waals surface area contributed by atoms with Crippen LogP contribution in [0.4, 0.5) is 14.9 Å². The van der Waals surface area contributed by atoms with Crippen molar-refractivity contribution in [1.82, 2.24) is 5.32 Å². The SMILES string of the molecule is N#Cc1cccc(NC(=O)NC(C(N)=O)c2ccc(F)cc2)c1. The van der Waals surface area contributed by atoms with Gasteiger partial charge in [0.1, 0.15) is 11.9 Å². The Hall–Kier alpha value is -3.40. The second-order valence-corrected chi connectivity index (χ2v) is 4.68. The van der Waals surface area contributed by atoms with Gasteiger partial charge in [-0.05, 0) is 35.9 Å². The molecule has 0 saturated heterocycles. The molecule has 0 saturated carbocycles. The number of primary amides is 1. The number of rotatable bonds is 4. The average Bonchev–Trinajstić information content (AvgIpc) is 2.53. The van der Waals surface area contributed by atoms with Gasteiger partial charge in [0.2, 0.25) is 5.91 Å². The van der Waals surface area contributed by atoms with E-state index in [-0.39, 0.29) is 0 Å². The minimum atomic E-state index is -1.10. The second kappa shape index (κ2) is 7.04. The second-order valence-electron chi connectivity index (χ2n) is 4.68. The summed E-state index contributed by atoms with van der Waals surface area (Å²) in [6.07, 6.45) is 0. The summed E-state index contributed by atoms with van der Waals surface area (Å²) >= 11 is 0. The molecule has 1 atom stereocenters. The van der Waals surface area contributed by atoms with E-state index in [0.717, 1.165) is 0 Å². The summed E-state index contributed by atoms with van der Waals surface area (Å²) in [6, 6.07) is 11.5. The smallest absolute Gasteiger partial charge is 0.320 e. The molecule has 1 unspecified atom stereocenters. The summed E-state index contributed by atoms with van der Waals surface area (Å²) in [5.41, 5.74) is 6.41. The highest BCUT2D eigenvalue weighted by atomic mass is 19.1.